The molecule has 30 heavy (non-hydrogen) atoms. The van der Waals surface area contributed by atoms with Crippen LogP contribution in [0.25, 0.3) is 0 Å². The summed E-state index contributed by atoms with van der Waals surface area (Å²) in [5.41, 5.74) is 1.16. The monoisotopic (exact) mass is 409 g/mol. The van der Waals surface area contributed by atoms with Crippen molar-refractivity contribution in [1.29, 1.82) is 0 Å². The van der Waals surface area contributed by atoms with Crippen molar-refractivity contribution in [1.82, 2.24) is 4.90 Å². The Morgan fingerprint density at radius 1 is 1.20 bits per heavy atom. The Bertz CT molecular complexity index is 788. The molecule has 4 rings (SSSR count). The van der Waals surface area contributed by atoms with Crippen LogP contribution in [0.4, 0.5) is 0 Å². The maximum Gasteiger partial charge on any atom is 0.171 e. The number of carbonyl (C=O) groups is 1. The molecule has 0 radical (unpaired) electrons. The molecule has 4 atom stereocenters. The summed E-state index contributed by atoms with van der Waals surface area (Å²) in [6, 6.07) is 10.9. The normalized spacial score (nSPS) is 30.7. The van der Waals surface area contributed by atoms with Crippen molar-refractivity contribution in [3.05, 3.63) is 59.7 Å². The second kappa shape index (κ2) is 9.17. The van der Waals surface area contributed by atoms with Crippen LogP contribution >= 0.6 is 0 Å². The van der Waals surface area contributed by atoms with Crippen LogP contribution in [0.2, 0.25) is 0 Å². The Morgan fingerprint density at radius 2 is 1.90 bits per heavy atom. The van der Waals surface area contributed by atoms with E-state index in [2.05, 4.69) is 37.1 Å². The number of allylic oxidation sites excluding steroid dienone is 4. The Balaban J connectivity index is 1.52. The number of Topliss-reactive ketones (excluding diaryl/α,β-unsaturated/α-hetero) is 1. The van der Waals surface area contributed by atoms with Crippen molar-refractivity contribution in [3.8, 4) is 0 Å². The van der Waals surface area contributed by atoms with Gasteiger partial charge in [-0.15, -0.1) is 0 Å². The van der Waals surface area contributed by atoms with Crippen LogP contribution in [-0.2, 0) is 14.9 Å². The molecule has 0 spiro atoms. The predicted octanol–water partition coefficient (Wildman–Crippen LogP) is 4.04. The maximum atomic E-state index is 13.6. The summed E-state index contributed by atoms with van der Waals surface area (Å²) in [6.45, 7) is 2.06. The van der Waals surface area contributed by atoms with Gasteiger partial charge in [0.2, 0.25) is 0 Å². The minimum atomic E-state index is -0.947. The van der Waals surface area contributed by atoms with Crippen LogP contribution in [0.1, 0.15) is 51.0 Å². The minimum absolute atomic E-state index is 0.00914. The first-order valence-corrected chi connectivity index (χ1v) is 11.4. The summed E-state index contributed by atoms with van der Waals surface area (Å²) < 4.78 is 6.20. The number of aliphatic hydroxyl groups excluding tert-OH is 1. The molecule has 1 aromatic rings. The summed E-state index contributed by atoms with van der Waals surface area (Å²) in [5, 5.41) is 10.6. The highest BCUT2D eigenvalue weighted by molar-refractivity contribution is 5.91. The average molecular weight is 410 g/mol. The number of fused-ring (bicyclic) bond motifs is 2. The maximum absolute atomic E-state index is 13.6. The number of hydrogen-bond donors (Lipinski definition) is 1. The van der Waals surface area contributed by atoms with E-state index in [9.17, 15) is 9.90 Å². The number of rotatable bonds is 8. The van der Waals surface area contributed by atoms with Crippen molar-refractivity contribution in [2.45, 2.75) is 69.1 Å². The van der Waals surface area contributed by atoms with Gasteiger partial charge >= 0.3 is 0 Å². The number of ether oxygens (including phenoxy) is 1. The number of benzene rings is 1. The molecule has 162 valence electrons. The van der Waals surface area contributed by atoms with Gasteiger partial charge in [0.15, 0.2) is 5.78 Å². The summed E-state index contributed by atoms with van der Waals surface area (Å²) in [5.74, 6) is 0.369. The summed E-state index contributed by atoms with van der Waals surface area (Å²) in [4.78, 5) is 16.1. The van der Waals surface area contributed by atoms with Crippen LogP contribution < -0.4 is 0 Å². The number of hydrogen-bond acceptors (Lipinski definition) is 4. The molecular weight excluding hydrogens is 374 g/mol. The van der Waals surface area contributed by atoms with E-state index in [-0.39, 0.29) is 25.1 Å². The molecule has 2 heterocycles. The molecule has 1 aliphatic carbocycles. The second-order valence-corrected chi connectivity index (χ2v) is 9.47. The van der Waals surface area contributed by atoms with Crippen LogP contribution in [-0.4, -0.2) is 54.2 Å². The Labute approximate surface area is 180 Å². The minimum Gasteiger partial charge on any atom is -0.395 e. The van der Waals surface area contributed by atoms with Gasteiger partial charge in [-0.25, -0.2) is 0 Å². The highest BCUT2D eigenvalue weighted by atomic mass is 16.5. The Morgan fingerprint density at radius 3 is 2.53 bits per heavy atom. The van der Waals surface area contributed by atoms with Crippen molar-refractivity contribution in [3.63, 3.8) is 0 Å². The number of piperidine rings is 1. The molecule has 2 fully saturated rings. The molecule has 4 heteroatoms. The van der Waals surface area contributed by atoms with E-state index in [0.717, 1.165) is 24.8 Å². The molecule has 2 aliphatic heterocycles. The first kappa shape index (κ1) is 21.5. The average Bonchev–Trinajstić information content (AvgIpc) is 2.98. The molecule has 0 amide bonds. The molecule has 4 nitrogen and oxygen atoms in total. The lowest BCUT2D eigenvalue weighted by molar-refractivity contribution is -0.134. The van der Waals surface area contributed by atoms with Crippen molar-refractivity contribution >= 4 is 5.78 Å². The summed E-state index contributed by atoms with van der Waals surface area (Å²) in [7, 11) is 2.21. The first-order valence-electron chi connectivity index (χ1n) is 11.4. The van der Waals surface area contributed by atoms with E-state index < -0.39 is 5.41 Å². The lowest BCUT2D eigenvalue weighted by Gasteiger charge is -2.37. The summed E-state index contributed by atoms with van der Waals surface area (Å²) >= 11 is 0. The van der Waals surface area contributed by atoms with Gasteiger partial charge in [-0.3, -0.25) is 4.79 Å². The molecule has 1 aromatic carbocycles. The van der Waals surface area contributed by atoms with Crippen LogP contribution in [0.15, 0.2) is 54.1 Å². The lowest BCUT2D eigenvalue weighted by Crippen LogP contribution is -2.46. The molecular formula is C26H35NO3. The highest BCUT2D eigenvalue weighted by Gasteiger charge is 2.43. The van der Waals surface area contributed by atoms with Gasteiger partial charge in [0.05, 0.1) is 18.1 Å². The van der Waals surface area contributed by atoms with Crippen LogP contribution in [0.5, 0.6) is 0 Å². The molecule has 2 bridgehead atoms. The quantitative estimate of drug-likeness (QED) is 0.704. The smallest absolute Gasteiger partial charge is 0.171 e. The zero-order valence-corrected chi connectivity index (χ0v) is 18.3. The van der Waals surface area contributed by atoms with Gasteiger partial charge in [0, 0.05) is 12.1 Å². The van der Waals surface area contributed by atoms with E-state index in [1.165, 1.54) is 18.4 Å². The Hall–Kier alpha value is -1.75. The third-order valence-corrected chi connectivity index (χ3v) is 7.71. The highest BCUT2D eigenvalue weighted by Crippen LogP contribution is 2.38. The van der Waals surface area contributed by atoms with Gasteiger partial charge in [-0.1, -0.05) is 61.1 Å². The van der Waals surface area contributed by atoms with E-state index in [1.54, 1.807) is 0 Å². The molecule has 4 unspecified atom stereocenters. The fraction of sp³-hybridized carbons (Fsp3) is 0.577. The zero-order valence-electron chi connectivity index (χ0n) is 18.3. The second-order valence-electron chi connectivity index (χ2n) is 9.47. The van der Waals surface area contributed by atoms with Gasteiger partial charge in [0.25, 0.3) is 0 Å². The molecule has 1 N–H and O–H groups in total. The fourth-order valence-corrected chi connectivity index (χ4v) is 5.56. The Kier molecular flexibility index (Phi) is 6.57. The van der Waals surface area contributed by atoms with E-state index in [1.807, 2.05) is 30.3 Å². The van der Waals surface area contributed by atoms with Crippen molar-refractivity contribution in [2.75, 3.05) is 20.3 Å². The van der Waals surface area contributed by atoms with Gasteiger partial charge in [-0.05, 0) is 57.1 Å². The van der Waals surface area contributed by atoms with Crippen LogP contribution in [0, 0.1) is 5.92 Å². The van der Waals surface area contributed by atoms with E-state index in [4.69, 9.17) is 4.74 Å². The number of aliphatic hydroxyl groups is 1. The van der Waals surface area contributed by atoms with Crippen molar-refractivity contribution < 1.29 is 14.6 Å². The van der Waals surface area contributed by atoms with Gasteiger partial charge < -0.3 is 14.7 Å². The van der Waals surface area contributed by atoms with Crippen LogP contribution in [0.3, 0.4) is 0 Å². The molecule has 0 saturated carbocycles. The molecule has 3 aliphatic rings. The summed E-state index contributed by atoms with van der Waals surface area (Å²) in [6.07, 6.45) is 12.5. The number of ketones is 1. The SMILES string of the molecule is CC1CC=CC=C1CC(CO)(C(=O)COC1CC2CCC(C1)N2C)c1ccccc1. The third kappa shape index (κ3) is 4.18. The standard InChI is InChI=1S/C26H35NO3/c1-19-8-6-7-9-20(19)16-26(18-28,21-10-4-3-5-11-21)25(29)17-30-24-14-22-12-13-23(15-24)27(22)2/h3-7,9-11,19,22-24,28H,8,12-18H2,1-2H3. The topological polar surface area (TPSA) is 49.8 Å². The number of carbonyl (C=O) groups excluding carboxylic acids is 1. The van der Waals surface area contributed by atoms with Crippen molar-refractivity contribution in [2.24, 2.45) is 5.92 Å². The third-order valence-electron chi connectivity index (χ3n) is 7.71. The van der Waals surface area contributed by atoms with Gasteiger partial charge in [0.1, 0.15) is 6.61 Å². The predicted molar refractivity (Wildman–Crippen MR) is 119 cm³/mol. The lowest BCUT2D eigenvalue weighted by atomic mass is 9.70. The zero-order chi connectivity index (χ0) is 21.1. The largest absolute Gasteiger partial charge is 0.395 e. The van der Waals surface area contributed by atoms with E-state index >= 15 is 0 Å². The molecule has 2 saturated heterocycles. The fourth-order valence-electron chi connectivity index (χ4n) is 5.56. The molecule has 0 aromatic heterocycles. The van der Waals surface area contributed by atoms with E-state index in [0.29, 0.717) is 24.4 Å². The van der Waals surface area contributed by atoms with Gasteiger partial charge in [-0.2, -0.15) is 0 Å². The number of nitrogens with zero attached hydrogens (tertiary/aromatic N) is 1. The first-order chi connectivity index (χ1) is 14.5.